The number of aromatic amines is 1. The van der Waals surface area contributed by atoms with E-state index < -0.39 is 10.0 Å². The maximum atomic E-state index is 13.3. The lowest BCUT2D eigenvalue weighted by atomic mass is 9.87. The summed E-state index contributed by atoms with van der Waals surface area (Å²) in [5, 5.41) is 5.76. The smallest absolute Gasteiger partial charge is 0.272 e. The number of rotatable bonds is 6. The maximum Gasteiger partial charge on any atom is 0.272 e. The van der Waals surface area contributed by atoms with Crippen LogP contribution in [-0.2, 0) is 27.7 Å². The topological polar surface area (TPSA) is 111 Å². The third-order valence-electron chi connectivity index (χ3n) is 6.81. The van der Waals surface area contributed by atoms with Crippen molar-refractivity contribution in [3.05, 3.63) is 59.9 Å². The second-order valence-electron chi connectivity index (χ2n) is 9.39. The Morgan fingerprint density at radius 3 is 2.35 bits per heavy atom. The number of fused-ring (bicyclic) bond motifs is 1. The summed E-state index contributed by atoms with van der Waals surface area (Å²) in [5.74, 6) is -0.589. The fourth-order valence-electron chi connectivity index (χ4n) is 4.99. The normalized spacial score (nSPS) is 23.1. The summed E-state index contributed by atoms with van der Waals surface area (Å²) in [6.07, 6.45) is 5.45. The number of aryl methyl sites for hydroxylation is 2. The molecule has 2 unspecified atom stereocenters. The molecule has 2 heterocycles. The Morgan fingerprint density at radius 1 is 1.09 bits per heavy atom. The third kappa shape index (κ3) is 4.95. The molecule has 2 atom stereocenters. The standard InChI is InChI=1S/C25H32N4O4S/c1-4-23(30)28-24-16(2)14-29(15-17(24)3)34(32,33)20-11-9-19(10-12-20)26-25(31)22-13-18-7-5-6-8-21(18)27-22/h4,9-13,16-17,24,27H,1,5-8,14-15H2,2-3H3,(H,26,31)(H,28,30). The number of sulfonamides is 1. The van der Waals surface area contributed by atoms with Gasteiger partial charge in [-0.1, -0.05) is 20.4 Å². The van der Waals surface area contributed by atoms with Crippen molar-refractivity contribution in [3.63, 3.8) is 0 Å². The molecule has 0 bridgehead atoms. The van der Waals surface area contributed by atoms with Gasteiger partial charge in [-0.05, 0) is 79.5 Å². The second kappa shape index (κ2) is 9.76. The maximum absolute atomic E-state index is 13.3. The minimum Gasteiger partial charge on any atom is -0.354 e. The average Bonchev–Trinajstić information content (AvgIpc) is 3.26. The lowest BCUT2D eigenvalue weighted by Gasteiger charge is -2.40. The number of benzene rings is 1. The summed E-state index contributed by atoms with van der Waals surface area (Å²) in [7, 11) is -3.70. The molecule has 3 N–H and O–H groups in total. The molecule has 1 aliphatic carbocycles. The summed E-state index contributed by atoms with van der Waals surface area (Å²) in [4.78, 5) is 27.8. The van der Waals surface area contributed by atoms with E-state index >= 15 is 0 Å². The fourth-order valence-corrected chi connectivity index (χ4v) is 6.63. The fraction of sp³-hybridized carbons (Fsp3) is 0.440. The number of anilines is 1. The zero-order valence-electron chi connectivity index (χ0n) is 19.6. The van der Waals surface area contributed by atoms with Crippen LogP contribution >= 0.6 is 0 Å². The van der Waals surface area contributed by atoms with E-state index in [-0.39, 0.29) is 34.6 Å². The van der Waals surface area contributed by atoms with E-state index in [9.17, 15) is 18.0 Å². The quantitative estimate of drug-likeness (QED) is 0.547. The molecule has 1 fully saturated rings. The lowest BCUT2D eigenvalue weighted by molar-refractivity contribution is -0.118. The first-order valence-corrected chi connectivity index (χ1v) is 13.2. The molecule has 1 saturated heterocycles. The van der Waals surface area contributed by atoms with Crippen LogP contribution in [0.4, 0.5) is 5.69 Å². The van der Waals surface area contributed by atoms with Gasteiger partial charge in [-0.15, -0.1) is 0 Å². The molecule has 1 aromatic carbocycles. The Balaban J connectivity index is 1.42. The number of piperidine rings is 1. The number of H-pyrrole nitrogens is 1. The van der Waals surface area contributed by atoms with Gasteiger partial charge in [0.15, 0.2) is 0 Å². The van der Waals surface area contributed by atoms with Crippen LogP contribution in [0.5, 0.6) is 0 Å². The number of carbonyl (C=O) groups is 2. The summed E-state index contributed by atoms with van der Waals surface area (Å²) in [6, 6.07) is 8.05. The van der Waals surface area contributed by atoms with E-state index in [0.29, 0.717) is 24.5 Å². The van der Waals surface area contributed by atoms with Crippen molar-refractivity contribution < 1.29 is 18.0 Å². The number of nitrogens with one attached hydrogen (secondary N) is 3. The SMILES string of the molecule is C=CC(=O)NC1C(C)CN(S(=O)(=O)c2ccc(NC(=O)c3cc4c([nH]3)CCCC4)cc2)CC1C. The molecule has 9 heteroatoms. The zero-order chi connectivity index (χ0) is 24.5. The summed E-state index contributed by atoms with van der Waals surface area (Å²) in [5.41, 5.74) is 3.39. The van der Waals surface area contributed by atoms with Gasteiger partial charge < -0.3 is 15.6 Å². The van der Waals surface area contributed by atoms with E-state index in [2.05, 4.69) is 22.2 Å². The van der Waals surface area contributed by atoms with Crippen molar-refractivity contribution in [2.75, 3.05) is 18.4 Å². The second-order valence-corrected chi connectivity index (χ2v) is 11.3. The van der Waals surface area contributed by atoms with E-state index in [1.165, 1.54) is 28.1 Å². The molecule has 2 amide bonds. The van der Waals surface area contributed by atoms with Crippen LogP contribution in [-0.4, -0.2) is 48.7 Å². The van der Waals surface area contributed by atoms with Gasteiger partial charge in [-0.2, -0.15) is 4.31 Å². The monoisotopic (exact) mass is 484 g/mol. The highest BCUT2D eigenvalue weighted by Gasteiger charge is 2.38. The van der Waals surface area contributed by atoms with Crippen molar-refractivity contribution in [1.29, 1.82) is 0 Å². The number of aromatic nitrogens is 1. The molecule has 2 aromatic rings. The first-order chi connectivity index (χ1) is 16.2. The van der Waals surface area contributed by atoms with E-state index in [4.69, 9.17) is 0 Å². The van der Waals surface area contributed by atoms with E-state index in [1.54, 1.807) is 12.1 Å². The number of hydrogen-bond donors (Lipinski definition) is 3. The van der Waals surface area contributed by atoms with Crippen LogP contribution in [0.15, 0.2) is 47.9 Å². The van der Waals surface area contributed by atoms with Gasteiger partial charge >= 0.3 is 0 Å². The highest BCUT2D eigenvalue weighted by Crippen LogP contribution is 2.28. The van der Waals surface area contributed by atoms with Crippen molar-refractivity contribution in [2.45, 2.75) is 50.5 Å². The predicted octanol–water partition coefficient (Wildman–Crippen LogP) is 3.09. The van der Waals surface area contributed by atoms with Crippen molar-refractivity contribution in [3.8, 4) is 0 Å². The number of carbonyl (C=O) groups excluding carboxylic acids is 2. The molecule has 182 valence electrons. The van der Waals surface area contributed by atoms with Gasteiger partial charge in [-0.3, -0.25) is 9.59 Å². The molecule has 2 aliphatic rings. The van der Waals surface area contributed by atoms with E-state index in [0.717, 1.165) is 31.4 Å². The third-order valence-corrected chi connectivity index (χ3v) is 8.66. The summed E-state index contributed by atoms with van der Waals surface area (Å²) in [6.45, 7) is 7.97. The highest BCUT2D eigenvalue weighted by molar-refractivity contribution is 7.89. The molecular weight excluding hydrogens is 452 g/mol. The van der Waals surface area contributed by atoms with Crippen LogP contribution < -0.4 is 10.6 Å². The molecule has 8 nitrogen and oxygen atoms in total. The van der Waals surface area contributed by atoms with Crippen molar-refractivity contribution >= 4 is 27.5 Å². The van der Waals surface area contributed by atoms with Crippen molar-refractivity contribution in [1.82, 2.24) is 14.6 Å². The minimum absolute atomic E-state index is 0.0485. The predicted molar refractivity (Wildman–Crippen MR) is 131 cm³/mol. The van der Waals surface area contributed by atoms with Gasteiger partial charge in [0.25, 0.3) is 5.91 Å². The van der Waals surface area contributed by atoms with Gasteiger partial charge in [0.05, 0.1) is 4.90 Å². The Hall–Kier alpha value is -2.91. The first-order valence-electron chi connectivity index (χ1n) is 11.7. The van der Waals surface area contributed by atoms with Gasteiger partial charge in [-0.25, -0.2) is 8.42 Å². The number of amides is 2. The molecule has 1 aromatic heterocycles. The van der Waals surface area contributed by atoms with Crippen LogP contribution in [0.3, 0.4) is 0 Å². The number of nitrogens with zero attached hydrogens (tertiary/aromatic N) is 1. The summed E-state index contributed by atoms with van der Waals surface area (Å²) < 4.78 is 28.0. The highest BCUT2D eigenvalue weighted by atomic mass is 32.2. The lowest BCUT2D eigenvalue weighted by Crippen LogP contribution is -2.55. The van der Waals surface area contributed by atoms with E-state index in [1.807, 2.05) is 19.9 Å². The van der Waals surface area contributed by atoms with Crippen LogP contribution in [0.25, 0.3) is 0 Å². The molecular formula is C25H32N4O4S. The Kier molecular flexibility index (Phi) is 6.95. The molecule has 1 aliphatic heterocycles. The molecule has 0 saturated carbocycles. The average molecular weight is 485 g/mol. The Labute approximate surface area is 200 Å². The summed E-state index contributed by atoms with van der Waals surface area (Å²) >= 11 is 0. The molecule has 0 spiro atoms. The van der Waals surface area contributed by atoms with Gasteiger partial charge in [0.2, 0.25) is 15.9 Å². The van der Waals surface area contributed by atoms with Crippen molar-refractivity contribution in [2.24, 2.45) is 11.8 Å². The Bertz CT molecular complexity index is 1150. The largest absolute Gasteiger partial charge is 0.354 e. The molecule has 4 rings (SSSR count). The molecule has 34 heavy (non-hydrogen) atoms. The number of hydrogen-bond acceptors (Lipinski definition) is 4. The molecule has 0 radical (unpaired) electrons. The minimum atomic E-state index is -3.70. The zero-order valence-corrected chi connectivity index (χ0v) is 20.5. The Morgan fingerprint density at radius 2 is 1.74 bits per heavy atom. The van der Waals surface area contributed by atoms with Crippen LogP contribution in [0.2, 0.25) is 0 Å². The van der Waals surface area contributed by atoms with Gasteiger partial charge in [0, 0.05) is 30.5 Å². The first kappa shape index (κ1) is 24.2. The van der Waals surface area contributed by atoms with Crippen LogP contribution in [0, 0.1) is 11.8 Å². The van der Waals surface area contributed by atoms with Crippen LogP contribution in [0.1, 0.15) is 48.4 Å². The van der Waals surface area contributed by atoms with Gasteiger partial charge in [0.1, 0.15) is 5.69 Å².